The highest BCUT2D eigenvalue weighted by molar-refractivity contribution is 7.99. The van der Waals surface area contributed by atoms with Crippen LogP contribution in [0.3, 0.4) is 0 Å². The lowest BCUT2D eigenvalue weighted by atomic mass is 9.93. The van der Waals surface area contributed by atoms with E-state index in [0.29, 0.717) is 22.4 Å². The quantitative estimate of drug-likeness (QED) is 0.448. The van der Waals surface area contributed by atoms with Crippen molar-refractivity contribution >= 4 is 17.3 Å². The second kappa shape index (κ2) is 8.94. The monoisotopic (exact) mass is 472 g/mol. The predicted molar refractivity (Wildman–Crippen MR) is 125 cm³/mol. The largest absolute Gasteiger partial charge is 0.393 e. The van der Waals surface area contributed by atoms with Crippen LogP contribution in [0.2, 0.25) is 0 Å². The van der Waals surface area contributed by atoms with Crippen LogP contribution in [0, 0.1) is 35.4 Å². The number of halogens is 1. The van der Waals surface area contributed by atoms with Gasteiger partial charge in [-0.25, -0.2) is 8.91 Å². The van der Waals surface area contributed by atoms with Crippen molar-refractivity contribution in [2.75, 3.05) is 0 Å². The molecule has 1 unspecified atom stereocenters. The number of rotatable bonds is 4. The molecule has 0 aliphatic heterocycles. The lowest BCUT2D eigenvalue weighted by Gasteiger charge is -2.27. The summed E-state index contributed by atoms with van der Waals surface area (Å²) in [6, 6.07) is 10.4. The average molecular weight is 473 g/mol. The zero-order valence-electron chi connectivity index (χ0n) is 18.4. The van der Waals surface area contributed by atoms with Gasteiger partial charge in [0, 0.05) is 32.8 Å². The molecule has 3 heterocycles. The molecule has 1 N–H and O–H groups in total. The van der Waals surface area contributed by atoms with Crippen molar-refractivity contribution in [3.05, 3.63) is 65.5 Å². The Morgan fingerprint density at radius 3 is 2.68 bits per heavy atom. The fraction of sp³-hybridized carbons (Fsp3) is 0.280. The smallest absolute Gasteiger partial charge is 0.124 e. The van der Waals surface area contributed by atoms with Crippen LogP contribution >= 0.6 is 11.8 Å². The first kappa shape index (κ1) is 22.1. The molecule has 34 heavy (non-hydrogen) atoms. The molecule has 5 rings (SSSR count). The van der Waals surface area contributed by atoms with Crippen molar-refractivity contribution in [2.45, 2.75) is 54.5 Å². The maximum atomic E-state index is 13.7. The second-order valence-electron chi connectivity index (χ2n) is 8.47. The summed E-state index contributed by atoms with van der Waals surface area (Å²) in [7, 11) is 0. The Labute approximate surface area is 200 Å². The van der Waals surface area contributed by atoms with E-state index in [1.807, 2.05) is 36.1 Å². The molecule has 1 aliphatic carbocycles. The molecule has 1 fully saturated rings. The third-order valence-corrected chi connectivity index (χ3v) is 7.41. The second-order valence-corrected chi connectivity index (χ2v) is 9.56. The van der Waals surface area contributed by atoms with Gasteiger partial charge in [0.1, 0.15) is 18.0 Å². The first-order valence-electron chi connectivity index (χ1n) is 11.0. The van der Waals surface area contributed by atoms with Gasteiger partial charge in [-0.3, -0.25) is 4.68 Å². The Morgan fingerprint density at radius 2 is 1.91 bits per heavy atom. The molecule has 0 spiro atoms. The Morgan fingerprint density at radius 1 is 1.09 bits per heavy atom. The van der Waals surface area contributed by atoms with E-state index in [1.54, 1.807) is 10.6 Å². The van der Waals surface area contributed by atoms with Crippen molar-refractivity contribution < 1.29 is 9.50 Å². The Kier molecular flexibility index (Phi) is 5.82. The van der Waals surface area contributed by atoms with Crippen LogP contribution in [0.15, 0.2) is 52.6 Å². The van der Waals surface area contributed by atoms with E-state index in [9.17, 15) is 20.0 Å². The number of hydrogen-bond acceptors (Lipinski definition) is 6. The number of aliphatic hydroxyl groups is 1. The number of fused-ring (bicyclic) bond motifs is 1. The Balaban J connectivity index is 1.61. The molecule has 7 nitrogen and oxygen atoms in total. The molecule has 0 saturated heterocycles. The van der Waals surface area contributed by atoms with Crippen LogP contribution in [0.5, 0.6) is 0 Å². The molecule has 0 radical (unpaired) electrons. The highest BCUT2D eigenvalue weighted by Crippen LogP contribution is 2.38. The van der Waals surface area contributed by atoms with E-state index in [0.717, 1.165) is 41.0 Å². The van der Waals surface area contributed by atoms with E-state index in [4.69, 9.17) is 0 Å². The van der Waals surface area contributed by atoms with Crippen molar-refractivity contribution in [1.82, 2.24) is 19.4 Å². The normalized spacial score (nSPS) is 18.0. The van der Waals surface area contributed by atoms with Gasteiger partial charge in [-0.05, 0) is 56.9 Å². The van der Waals surface area contributed by atoms with Gasteiger partial charge in [0.25, 0.3) is 0 Å². The Hall–Kier alpha value is -3.66. The summed E-state index contributed by atoms with van der Waals surface area (Å²) in [5, 5.41) is 38.2. The minimum atomic E-state index is -0.474. The first-order chi connectivity index (χ1) is 16.5. The average Bonchev–Trinajstić information content (AvgIpc) is 3.43. The number of aliphatic hydroxyl groups excluding tert-OH is 1. The van der Waals surface area contributed by atoms with Crippen LogP contribution < -0.4 is 0 Å². The molecule has 9 heteroatoms. The summed E-state index contributed by atoms with van der Waals surface area (Å²) in [4.78, 5) is 1.33. The molecule has 4 aromatic rings. The molecule has 1 aromatic carbocycles. The SMILES string of the molecule is Cc1c(-c2cc(Sc3ccc(F)cc3C#N)c3c(C#N)cnn3c2)cnn1[C@@H]1CCCC(O)C1. The van der Waals surface area contributed by atoms with Crippen LogP contribution in [0.4, 0.5) is 4.39 Å². The van der Waals surface area contributed by atoms with E-state index in [1.165, 1.54) is 30.1 Å². The van der Waals surface area contributed by atoms with E-state index in [2.05, 4.69) is 16.3 Å². The van der Waals surface area contributed by atoms with Crippen LogP contribution in [-0.2, 0) is 0 Å². The van der Waals surface area contributed by atoms with Crippen molar-refractivity contribution in [1.29, 1.82) is 10.5 Å². The topological polar surface area (TPSA) is 103 Å². The highest BCUT2D eigenvalue weighted by atomic mass is 32.2. The number of benzene rings is 1. The minimum absolute atomic E-state index is 0.155. The van der Waals surface area contributed by atoms with Gasteiger partial charge in [-0.1, -0.05) is 11.8 Å². The van der Waals surface area contributed by atoms with E-state index in [-0.39, 0.29) is 17.7 Å². The van der Waals surface area contributed by atoms with Gasteiger partial charge in [0.2, 0.25) is 0 Å². The summed E-state index contributed by atoms with van der Waals surface area (Å²) >= 11 is 1.30. The van der Waals surface area contributed by atoms with Crippen molar-refractivity contribution in [3.63, 3.8) is 0 Å². The predicted octanol–water partition coefficient (Wildman–Crippen LogP) is 5.02. The molecule has 1 saturated carbocycles. The van der Waals surface area contributed by atoms with Gasteiger partial charge < -0.3 is 5.11 Å². The summed E-state index contributed by atoms with van der Waals surface area (Å²) in [5.41, 5.74) is 4.05. The first-order valence-corrected chi connectivity index (χ1v) is 11.8. The number of nitriles is 2. The summed E-state index contributed by atoms with van der Waals surface area (Å²) < 4.78 is 17.3. The van der Waals surface area contributed by atoms with Crippen LogP contribution in [0.25, 0.3) is 16.6 Å². The van der Waals surface area contributed by atoms with E-state index < -0.39 is 5.82 Å². The maximum absolute atomic E-state index is 13.7. The van der Waals surface area contributed by atoms with E-state index >= 15 is 0 Å². The summed E-state index contributed by atoms with van der Waals surface area (Å²) in [6.07, 6.45) is 8.35. The van der Waals surface area contributed by atoms with Crippen molar-refractivity contribution in [3.8, 4) is 23.3 Å². The fourth-order valence-electron chi connectivity index (χ4n) is 4.62. The van der Waals surface area contributed by atoms with Gasteiger partial charge in [-0.15, -0.1) is 0 Å². The number of pyridine rings is 1. The Bertz CT molecular complexity index is 1480. The molecule has 2 atom stereocenters. The maximum Gasteiger partial charge on any atom is 0.124 e. The lowest BCUT2D eigenvalue weighted by molar-refractivity contribution is 0.0995. The minimum Gasteiger partial charge on any atom is -0.393 e. The third-order valence-electron chi connectivity index (χ3n) is 6.30. The third kappa shape index (κ3) is 3.94. The molecular weight excluding hydrogens is 451 g/mol. The van der Waals surface area contributed by atoms with Gasteiger partial charge in [0.15, 0.2) is 0 Å². The van der Waals surface area contributed by atoms with Gasteiger partial charge >= 0.3 is 0 Å². The van der Waals surface area contributed by atoms with Gasteiger partial charge in [0.05, 0.1) is 41.2 Å². The molecule has 3 aromatic heterocycles. The zero-order valence-corrected chi connectivity index (χ0v) is 19.3. The summed E-state index contributed by atoms with van der Waals surface area (Å²) in [6.45, 7) is 2.01. The molecule has 1 aliphatic rings. The fourth-order valence-corrected chi connectivity index (χ4v) is 5.70. The molecule has 0 amide bonds. The molecule has 170 valence electrons. The molecule has 0 bridgehead atoms. The molecular formula is C25H21FN6OS. The van der Waals surface area contributed by atoms with Gasteiger partial charge in [-0.2, -0.15) is 20.7 Å². The lowest BCUT2D eigenvalue weighted by Crippen LogP contribution is -2.23. The standard InChI is InChI=1S/C25H21FN6OS/c1-15-22(13-30-32(15)20-3-2-4-21(33)9-20)17-8-24(25-18(11-28)12-29-31(25)14-17)34-23-6-5-19(26)7-16(23)10-27/h5-8,12-14,20-21,33H,2-4,9H2,1H3/t20-,21?/m1/s1. The summed E-state index contributed by atoms with van der Waals surface area (Å²) in [5.74, 6) is -0.474. The number of hydrogen-bond donors (Lipinski definition) is 1. The number of aromatic nitrogens is 4. The van der Waals surface area contributed by atoms with Crippen LogP contribution in [-0.4, -0.2) is 30.6 Å². The van der Waals surface area contributed by atoms with Crippen molar-refractivity contribution in [2.24, 2.45) is 0 Å². The number of nitrogens with zero attached hydrogens (tertiary/aromatic N) is 6. The zero-order chi connectivity index (χ0) is 23.8. The highest BCUT2D eigenvalue weighted by Gasteiger charge is 2.25. The van der Waals surface area contributed by atoms with Crippen LogP contribution in [0.1, 0.15) is 48.5 Å².